The molecule has 0 unspecified atom stereocenters. The predicted molar refractivity (Wildman–Crippen MR) is 65.7 cm³/mol. The molecule has 0 saturated carbocycles. The number of fused-ring (bicyclic) bond motifs is 1. The Morgan fingerprint density at radius 3 is 2.74 bits per heavy atom. The highest BCUT2D eigenvalue weighted by Gasteiger charge is 2.24. The van der Waals surface area contributed by atoms with Crippen LogP contribution in [-0.2, 0) is 4.79 Å². The molecule has 8 nitrogen and oxygen atoms in total. The van der Waals surface area contributed by atoms with Crippen molar-refractivity contribution in [2.75, 3.05) is 11.9 Å². The lowest BCUT2D eigenvalue weighted by Crippen LogP contribution is -2.28. The fourth-order valence-corrected chi connectivity index (χ4v) is 1.76. The van der Waals surface area contributed by atoms with Gasteiger partial charge in [-0.1, -0.05) is 12.1 Å². The highest BCUT2D eigenvalue weighted by Crippen LogP contribution is 2.30. The first kappa shape index (κ1) is 12.6. The number of nitro groups is 1. The summed E-state index contributed by atoms with van der Waals surface area (Å²) in [6, 6.07) is 6.05. The Bertz CT molecular complexity index is 671. The number of nitrogens with one attached hydrogen (secondary N) is 1. The highest BCUT2D eigenvalue weighted by atomic mass is 16.6. The SMILES string of the molecule is O=C(O)CNc1c[n+]([O-])c2ccccc2c1[N+](=O)[O-]. The van der Waals surface area contributed by atoms with E-state index in [1.807, 2.05) is 0 Å². The summed E-state index contributed by atoms with van der Waals surface area (Å²) in [4.78, 5) is 20.9. The van der Waals surface area contributed by atoms with Crippen LogP contribution in [0.1, 0.15) is 0 Å². The van der Waals surface area contributed by atoms with E-state index in [2.05, 4.69) is 5.32 Å². The van der Waals surface area contributed by atoms with E-state index in [0.717, 1.165) is 6.20 Å². The number of hydrogen-bond acceptors (Lipinski definition) is 5. The minimum Gasteiger partial charge on any atom is -0.618 e. The number of carbonyl (C=O) groups is 1. The molecule has 1 aromatic heterocycles. The molecule has 1 aromatic carbocycles. The molecule has 0 aliphatic rings. The summed E-state index contributed by atoms with van der Waals surface area (Å²) >= 11 is 0. The number of nitrogens with zero attached hydrogens (tertiary/aromatic N) is 2. The van der Waals surface area contributed by atoms with Crippen LogP contribution in [0, 0.1) is 15.3 Å². The first-order valence-corrected chi connectivity index (χ1v) is 5.25. The summed E-state index contributed by atoms with van der Waals surface area (Å²) in [7, 11) is 0. The molecule has 1 heterocycles. The quantitative estimate of drug-likeness (QED) is 0.365. The van der Waals surface area contributed by atoms with Crippen LogP contribution in [0.2, 0.25) is 0 Å². The van der Waals surface area contributed by atoms with Crippen LogP contribution in [-0.4, -0.2) is 22.5 Å². The third kappa shape index (κ3) is 2.37. The van der Waals surface area contributed by atoms with Crippen molar-refractivity contribution in [3.8, 4) is 0 Å². The number of aliphatic carboxylic acids is 1. The summed E-state index contributed by atoms with van der Waals surface area (Å²) in [5.41, 5.74) is -0.292. The van der Waals surface area contributed by atoms with Gasteiger partial charge in [0, 0.05) is 6.07 Å². The first-order chi connectivity index (χ1) is 9.00. The van der Waals surface area contributed by atoms with E-state index in [-0.39, 0.29) is 22.3 Å². The number of pyridine rings is 1. The lowest BCUT2D eigenvalue weighted by Gasteiger charge is -2.07. The Balaban J connectivity index is 2.65. The molecule has 19 heavy (non-hydrogen) atoms. The molecular formula is C11H9N3O5. The molecule has 0 spiro atoms. The zero-order valence-corrected chi connectivity index (χ0v) is 9.57. The zero-order valence-electron chi connectivity index (χ0n) is 9.57. The maximum atomic E-state index is 11.7. The Kier molecular flexibility index (Phi) is 3.15. The van der Waals surface area contributed by atoms with E-state index in [4.69, 9.17) is 5.11 Å². The number of carboxylic acid groups (broad SMARTS) is 1. The van der Waals surface area contributed by atoms with Gasteiger partial charge in [0.2, 0.25) is 11.7 Å². The van der Waals surface area contributed by atoms with Crippen molar-refractivity contribution >= 4 is 28.2 Å². The molecule has 98 valence electrons. The maximum Gasteiger partial charge on any atom is 0.322 e. The summed E-state index contributed by atoms with van der Waals surface area (Å²) in [5, 5.41) is 33.9. The Morgan fingerprint density at radius 1 is 1.42 bits per heavy atom. The van der Waals surface area contributed by atoms with E-state index in [1.165, 1.54) is 12.1 Å². The molecule has 0 bridgehead atoms. The van der Waals surface area contributed by atoms with Gasteiger partial charge in [-0.25, -0.2) is 0 Å². The van der Waals surface area contributed by atoms with Gasteiger partial charge in [0.15, 0.2) is 5.69 Å². The van der Waals surface area contributed by atoms with Crippen LogP contribution in [0.5, 0.6) is 0 Å². The maximum absolute atomic E-state index is 11.7. The van der Waals surface area contributed by atoms with Crippen LogP contribution < -0.4 is 10.0 Å². The summed E-state index contributed by atoms with van der Waals surface area (Å²) in [6.07, 6.45) is 0.962. The lowest BCUT2D eigenvalue weighted by atomic mass is 10.1. The fourth-order valence-electron chi connectivity index (χ4n) is 1.76. The largest absolute Gasteiger partial charge is 0.618 e. The smallest absolute Gasteiger partial charge is 0.322 e. The second kappa shape index (κ2) is 4.77. The first-order valence-electron chi connectivity index (χ1n) is 5.25. The Labute approximate surface area is 106 Å². The van der Waals surface area contributed by atoms with Crippen LogP contribution in [0.15, 0.2) is 30.5 Å². The van der Waals surface area contributed by atoms with Gasteiger partial charge in [-0.2, -0.15) is 4.73 Å². The average molecular weight is 263 g/mol. The predicted octanol–water partition coefficient (Wildman–Crippen LogP) is 0.878. The molecule has 0 aliphatic carbocycles. The summed E-state index contributed by atoms with van der Waals surface area (Å²) < 4.78 is 0.465. The third-order valence-corrected chi connectivity index (χ3v) is 2.51. The summed E-state index contributed by atoms with van der Waals surface area (Å²) in [5.74, 6) is -1.18. The second-order valence-electron chi connectivity index (χ2n) is 3.74. The number of para-hydroxylation sites is 1. The van der Waals surface area contributed by atoms with Crippen molar-refractivity contribution < 1.29 is 19.6 Å². The Morgan fingerprint density at radius 2 is 2.11 bits per heavy atom. The molecule has 2 aromatic rings. The van der Waals surface area contributed by atoms with Crippen molar-refractivity contribution in [1.29, 1.82) is 0 Å². The highest BCUT2D eigenvalue weighted by molar-refractivity contribution is 5.92. The molecule has 2 N–H and O–H groups in total. The molecule has 0 saturated heterocycles. The number of carboxylic acids is 1. The molecule has 8 heteroatoms. The minimum absolute atomic E-state index is 0.124. The number of benzene rings is 1. The standard InChI is InChI=1S/C11H9N3O5/c15-10(16)5-12-8-6-13(17)9-4-2-1-3-7(9)11(8)14(18)19/h1-4,6,12H,5H2,(H,15,16). The van der Waals surface area contributed by atoms with Crippen LogP contribution in [0.3, 0.4) is 0 Å². The van der Waals surface area contributed by atoms with Crippen molar-refractivity contribution in [1.82, 2.24) is 0 Å². The average Bonchev–Trinajstić information content (AvgIpc) is 2.36. The Hall–Kier alpha value is -2.90. The van der Waals surface area contributed by atoms with Gasteiger partial charge in [0.05, 0.1) is 4.92 Å². The number of hydrogen-bond donors (Lipinski definition) is 2. The van der Waals surface area contributed by atoms with Gasteiger partial charge in [-0.15, -0.1) is 0 Å². The normalized spacial score (nSPS) is 10.3. The van der Waals surface area contributed by atoms with Gasteiger partial charge in [-0.05, 0) is 6.07 Å². The molecule has 0 fully saturated rings. The molecule has 0 aliphatic heterocycles. The molecular weight excluding hydrogens is 254 g/mol. The monoisotopic (exact) mass is 263 g/mol. The van der Waals surface area contributed by atoms with Crippen LogP contribution in [0.4, 0.5) is 11.4 Å². The van der Waals surface area contributed by atoms with Gasteiger partial charge < -0.3 is 15.6 Å². The summed E-state index contributed by atoms with van der Waals surface area (Å²) in [6.45, 7) is -0.515. The molecule has 2 rings (SSSR count). The lowest BCUT2D eigenvalue weighted by molar-refractivity contribution is -0.576. The topological polar surface area (TPSA) is 119 Å². The molecule has 0 radical (unpaired) electrons. The number of aromatic nitrogens is 1. The van der Waals surface area contributed by atoms with E-state index in [9.17, 15) is 20.1 Å². The van der Waals surface area contributed by atoms with Crippen molar-refractivity contribution in [2.45, 2.75) is 0 Å². The molecule has 0 amide bonds. The fraction of sp³-hybridized carbons (Fsp3) is 0.0909. The van der Waals surface area contributed by atoms with Gasteiger partial charge in [0.25, 0.3) is 0 Å². The van der Waals surface area contributed by atoms with Crippen LogP contribution in [0.25, 0.3) is 10.9 Å². The second-order valence-corrected chi connectivity index (χ2v) is 3.74. The van der Waals surface area contributed by atoms with E-state index < -0.39 is 17.4 Å². The van der Waals surface area contributed by atoms with E-state index in [0.29, 0.717) is 4.73 Å². The number of anilines is 1. The van der Waals surface area contributed by atoms with E-state index >= 15 is 0 Å². The van der Waals surface area contributed by atoms with Gasteiger partial charge in [0.1, 0.15) is 11.9 Å². The van der Waals surface area contributed by atoms with Gasteiger partial charge in [-0.3, -0.25) is 14.9 Å². The minimum atomic E-state index is -1.18. The van der Waals surface area contributed by atoms with E-state index in [1.54, 1.807) is 12.1 Å². The van der Waals surface area contributed by atoms with Crippen molar-refractivity contribution in [3.05, 3.63) is 45.8 Å². The van der Waals surface area contributed by atoms with Crippen LogP contribution >= 0.6 is 0 Å². The van der Waals surface area contributed by atoms with Crippen molar-refractivity contribution in [2.24, 2.45) is 0 Å². The zero-order chi connectivity index (χ0) is 14.0. The third-order valence-electron chi connectivity index (χ3n) is 2.51. The van der Waals surface area contributed by atoms with Gasteiger partial charge >= 0.3 is 11.7 Å². The van der Waals surface area contributed by atoms with Crippen molar-refractivity contribution in [3.63, 3.8) is 0 Å². The molecule has 0 atom stereocenters. The number of rotatable bonds is 4.